The van der Waals surface area contributed by atoms with Crippen LogP contribution in [0.5, 0.6) is 0 Å². The number of carbonyl (C=O) groups is 2. The summed E-state index contributed by atoms with van der Waals surface area (Å²) in [7, 11) is 3.36. The fourth-order valence-electron chi connectivity index (χ4n) is 11.5. The fourth-order valence-corrected chi connectivity index (χ4v) is 11.5. The van der Waals surface area contributed by atoms with E-state index in [9.17, 15) is 9.59 Å². The molecule has 0 aromatic carbocycles. The van der Waals surface area contributed by atoms with E-state index in [2.05, 4.69) is 59.9 Å². The minimum Gasteiger partial charge on any atom is -0.353 e. The molecule has 5 nitrogen and oxygen atoms in total. The first-order valence-corrected chi connectivity index (χ1v) is 15.8. The zero-order valence-corrected chi connectivity index (χ0v) is 26.6. The number of rotatable bonds is 3. The Morgan fingerprint density at radius 3 is 2.23 bits per heavy atom. The molecule has 0 aromatic heterocycles. The van der Waals surface area contributed by atoms with E-state index in [0.29, 0.717) is 17.8 Å². The Kier molecular flexibility index (Phi) is 6.78. The van der Waals surface area contributed by atoms with Crippen molar-refractivity contribution >= 4 is 11.8 Å². The summed E-state index contributed by atoms with van der Waals surface area (Å²) >= 11 is 0. The van der Waals surface area contributed by atoms with Crippen LogP contribution in [0.4, 0.5) is 0 Å². The van der Waals surface area contributed by atoms with Crippen molar-refractivity contribution in [2.45, 2.75) is 126 Å². The Morgan fingerprint density at radius 2 is 1.59 bits per heavy atom. The minimum atomic E-state index is -0.373. The quantitative estimate of drug-likeness (QED) is 0.302. The van der Waals surface area contributed by atoms with Crippen LogP contribution in [0.2, 0.25) is 0 Å². The molecule has 4 fully saturated rings. The number of nitrogens with zero attached hydrogens (tertiary/aromatic N) is 1. The van der Waals surface area contributed by atoms with Gasteiger partial charge in [-0.25, -0.2) is 5.06 Å². The number of fused-ring (bicyclic) bond motifs is 7. The first-order valence-electron chi connectivity index (χ1n) is 15.8. The van der Waals surface area contributed by atoms with Gasteiger partial charge in [-0.2, -0.15) is 0 Å². The maximum absolute atomic E-state index is 13.5. The maximum atomic E-state index is 13.5. The summed E-state index contributed by atoms with van der Waals surface area (Å²) < 4.78 is 0. The number of allylic oxidation sites excluding steroid dienone is 2. The molecule has 2 amide bonds. The minimum absolute atomic E-state index is 0.0922. The molecular weight excluding hydrogens is 484 g/mol. The zero-order valence-electron chi connectivity index (χ0n) is 26.6. The largest absolute Gasteiger partial charge is 0.353 e. The molecule has 0 aromatic rings. The third-order valence-corrected chi connectivity index (χ3v) is 14.3. The second kappa shape index (κ2) is 9.07. The summed E-state index contributed by atoms with van der Waals surface area (Å²) in [5.41, 5.74) is 2.37. The molecule has 0 aliphatic heterocycles. The van der Waals surface area contributed by atoms with E-state index in [0.717, 1.165) is 32.1 Å². The van der Waals surface area contributed by atoms with E-state index in [1.54, 1.807) is 26.7 Å². The number of hydroxylamine groups is 2. The molecule has 5 aliphatic carbocycles. The van der Waals surface area contributed by atoms with Gasteiger partial charge in [0.25, 0.3) is 5.91 Å². The highest BCUT2D eigenvalue weighted by Gasteiger charge is 2.68. The van der Waals surface area contributed by atoms with E-state index in [1.165, 1.54) is 37.2 Å². The number of hydrogen-bond acceptors (Lipinski definition) is 3. The lowest BCUT2D eigenvalue weighted by Gasteiger charge is -2.71. The molecule has 5 heteroatoms. The molecule has 220 valence electrons. The van der Waals surface area contributed by atoms with E-state index in [-0.39, 0.29) is 50.3 Å². The van der Waals surface area contributed by atoms with E-state index < -0.39 is 0 Å². The first-order chi connectivity index (χ1) is 18.0. The van der Waals surface area contributed by atoms with Gasteiger partial charge in [-0.3, -0.25) is 14.4 Å². The summed E-state index contributed by atoms with van der Waals surface area (Å²) in [5.74, 6) is 1.96. The molecule has 1 unspecified atom stereocenters. The Labute approximate surface area is 238 Å². The average molecular weight is 541 g/mol. The van der Waals surface area contributed by atoms with E-state index in [1.807, 2.05) is 0 Å². The van der Waals surface area contributed by atoms with Gasteiger partial charge < -0.3 is 5.32 Å². The topological polar surface area (TPSA) is 58.6 Å². The van der Waals surface area contributed by atoms with Crippen molar-refractivity contribution in [1.29, 1.82) is 0 Å². The SMILES string of the molecule is CON(C)C(=O)[C@@]1(C)CC[C@]2(C)CC[C@]3(C)C(=CC[C@@H]4[C@@]5(C)CC[C@H](NC(C)=O)C(C)(C)C5CC[C@]43C)[C@@H]2C1. The van der Waals surface area contributed by atoms with Crippen molar-refractivity contribution in [3.05, 3.63) is 11.6 Å². The van der Waals surface area contributed by atoms with Gasteiger partial charge >= 0.3 is 0 Å². The van der Waals surface area contributed by atoms with Gasteiger partial charge in [0.1, 0.15) is 0 Å². The van der Waals surface area contributed by atoms with Crippen molar-refractivity contribution in [2.75, 3.05) is 14.2 Å². The zero-order chi connectivity index (χ0) is 28.8. The molecular formula is C34H56N2O3. The van der Waals surface area contributed by atoms with Gasteiger partial charge in [-0.1, -0.05) is 60.1 Å². The smallest absolute Gasteiger partial charge is 0.251 e. The van der Waals surface area contributed by atoms with Gasteiger partial charge in [-0.15, -0.1) is 0 Å². The molecule has 39 heavy (non-hydrogen) atoms. The predicted octanol–water partition coefficient (Wildman–Crippen LogP) is 7.31. The molecule has 4 saturated carbocycles. The molecule has 0 radical (unpaired) electrons. The molecule has 5 rings (SSSR count). The van der Waals surface area contributed by atoms with Crippen molar-refractivity contribution in [3.63, 3.8) is 0 Å². The lowest BCUT2D eigenvalue weighted by atomic mass is 9.33. The normalized spacial score (nSPS) is 48.4. The van der Waals surface area contributed by atoms with E-state index >= 15 is 0 Å². The van der Waals surface area contributed by atoms with Crippen LogP contribution in [0.15, 0.2) is 11.6 Å². The highest BCUT2D eigenvalue weighted by molar-refractivity contribution is 5.81. The Hall–Kier alpha value is -1.36. The van der Waals surface area contributed by atoms with Gasteiger partial charge in [0.2, 0.25) is 5.91 Å². The summed E-state index contributed by atoms with van der Waals surface area (Å²) in [5, 5.41) is 4.79. The van der Waals surface area contributed by atoms with Crippen LogP contribution in [-0.4, -0.2) is 37.1 Å². The Balaban J connectivity index is 1.51. The lowest BCUT2D eigenvalue weighted by molar-refractivity contribution is -0.193. The summed E-state index contributed by atoms with van der Waals surface area (Å²) in [6.07, 6.45) is 14.1. The number of hydrogen-bond donors (Lipinski definition) is 1. The standard InChI is InChI=1S/C34H56N2O3/c1-22(37)35-27-14-15-32(6)25(29(27,2)3)13-16-34(8)26(32)12-11-23-24-21-31(5,28(38)36(9)39-10)18-17-30(24,4)19-20-33(23,34)7/h11,24-27H,12-21H2,1-10H3,(H,35,37)/t24-,25?,26+,27-,30+,31-,32-,33+,34+/m0/s1. The van der Waals surface area contributed by atoms with Crippen molar-refractivity contribution < 1.29 is 14.4 Å². The second-order valence-corrected chi connectivity index (χ2v) is 16.4. The van der Waals surface area contributed by atoms with E-state index in [4.69, 9.17) is 4.84 Å². The van der Waals surface area contributed by atoms with Crippen LogP contribution >= 0.6 is 0 Å². The Bertz CT molecular complexity index is 1070. The molecule has 0 bridgehead atoms. The number of nitrogens with one attached hydrogen (secondary N) is 1. The molecule has 1 N–H and O–H groups in total. The van der Waals surface area contributed by atoms with Crippen molar-refractivity contribution in [3.8, 4) is 0 Å². The summed E-state index contributed by atoms with van der Waals surface area (Å²) in [4.78, 5) is 30.9. The highest BCUT2D eigenvalue weighted by Crippen LogP contribution is 2.75. The van der Waals surface area contributed by atoms with Crippen LogP contribution in [0.3, 0.4) is 0 Å². The average Bonchev–Trinajstić information content (AvgIpc) is 2.86. The van der Waals surface area contributed by atoms with Gasteiger partial charge in [0.05, 0.1) is 7.11 Å². The van der Waals surface area contributed by atoms with Gasteiger partial charge in [0, 0.05) is 25.4 Å². The molecule has 0 spiro atoms. The van der Waals surface area contributed by atoms with Gasteiger partial charge in [0.15, 0.2) is 0 Å². The lowest BCUT2D eigenvalue weighted by Crippen LogP contribution is -2.66. The molecule has 9 atom stereocenters. The second-order valence-electron chi connectivity index (χ2n) is 16.4. The fraction of sp³-hybridized carbons (Fsp3) is 0.882. The molecule has 0 heterocycles. The number of amides is 2. The summed E-state index contributed by atoms with van der Waals surface area (Å²) in [6, 6.07) is 0.265. The van der Waals surface area contributed by atoms with Crippen LogP contribution in [0, 0.1) is 50.2 Å². The third-order valence-electron chi connectivity index (χ3n) is 14.3. The third kappa shape index (κ3) is 3.94. The van der Waals surface area contributed by atoms with Crippen molar-refractivity contribution in [1.82, 2.24) is 10.4 Å². The van der Waals surface area contributed by atoms with Crippen molar-refractivity contribution in [2.24, 2.45) is 50.2 Å². The number of carbonyl (C=O) groups excluding carboxylic acids is 2. The Morgan fingerprint density at radius 1 is 0.923 bits per heavy atom. The van der Waals surface area contributed by atoms with Crippen LogP contribution in [0.1, 0.15) is 120 Å². The van der Waals surface area contributed by atoms with Crippen LogP contribution in [0.25, 0.3) is 0 Å². The first kappa shape index (κ1) is 29.1. The van der Waals surface area contributed by atoms with Crippen LogP contribution < -0.4 is 5.32 Å². The maximum Gasteiger partial charge on any atom is 0.251 e. The molecule has 5 aliphatic rings. The highest BCUT2D eigenvalue weighted by atomic mass is 16.7. The van der Waals surface area contributed by atoms with Gasteiger partial charge in [-0.05, 0) is 109 Å². The summed E-state index contributed by atoms with van der Waals surface area (Å²) in [6.45, 7) is 19.1. The van der Waals surface area contributed by atoms with Crippen LogP contribution in [-0.2, 0) is 14.4 Å². The molecule has 0 saturated heterocycles. The predicted molar refractivity (Wildman–Crippen MR) is 156 cm³/mol. The monoisotopic (exact) mass is 540 g/mol.